The predicted molar refractivity (Wildman–Crippen MR) is 131 cm³/mol. The van der Waals surface area contributed by atoms with Crippen LogP contribution in [0.25, 0.3) is 0 Å². The maximum absolute atomic E-state index is 12.6. The molecule has 16 N–H and O–H groups in total. The van der Waals surface area contributed by atoms with Gasteiger partial charge in [0.2, 0.25) is 23.6 Å². The van der Waals surface area contributed by atoms with E-state index < -0.39 is 54.3 Å². The van der Waals surface area contributed by atoms with Crippen LogP contribution in [0, 0.1) is 0 Å². The van der Waals surface area contributed by atoms with Crippen molar-refractivity contribution in [1.29, 1.82) is 0 Å². The van der Waals surface area contributed by atoms with E-state index in [0.717, 1.165) is 0 Å². The Bertz CT molecular complexity index is 825. The van der Waals surface area contributed by atoms with E-state index >= 15 is 0 Å². The fourth-order valence-electron chi connectivity index (χ4n) is 2.78. The van der Waals surface area contributed by atoms with Gasteiger partial charge in [0.25, 0.3) is 0 Å². The van der Waals surface area contributed by atoms with Crippen LogP contribution in [0.1, 0.15) is 38.5 Å². The molecule has 0 bridgehead atoms. The highest BCUT2D eigenvalue weighted by atomic mass is 16.4. The number of rotatable bonds is 18. The molecule has 0 saturated carbocycles. The molecule has 0 aromatic carbocycles. The van der Waals surface area contributed by atoms with Crippen LogP contribution in [0.5, 0.6) is 0 Å². The topological polar surface area (TPSA) is 323 Å². The Labute approximate surface area is 207 Å². The van der Waals surface area contributed by atoms with Crippen LogP contribution in [0.3, 0.4) is 0 Å². The fourth-order valence-corrected chi connectivity index (χ4v) is 2.78. The summed E-state index contributed by atoms with van der Waals surface area (Å²) < 4.78 is 0. The van der Waals surface area contributed by atoms with Gasteiger partial charge in [-0.25, -0.2) is 4.79 Å². The van der Waals surface area contributed by atoms with Gasteiger partial charge < -0.3 is 55.5 Å². The van der Waals surface area contributed by atoms with Gasteiger partial charge in [0, 0.05) is 19.5 Å². The van der Waals surface area contributed by atoms with Crippen molar-refractivity contribution in [2.75, 3.05) is 19.6 Å². The summed E-state index contributed by atoms with van der Waals surface area (Å²) in [6.07, 6.45) is 0.641. The number of carboxylic acid groups (broad SMARTS) is 1. The molecule has 0 heterocycles. The SMILES string of the molecule is NC(=O)CCC(NC(=O)CNC(=O)C(CCCN=C(N)N)NC(=O)C(N)CCCN=C(N)N)C(=O)O. The van der Waals surface area contributed by atoms with Crippen molar-refractivity contribution in [3.63, 3.8) is 0 Å². The van der Waals surface area contributed by atoms with Crippen LogP contribution in [0.2, 0.25) is 0 Å². The average molecular weight is 516 g/mol. The molecule has 0 rings (SSSR count). The zero-order valence-electron chi connectivity index (χ0n) is 19.9. The van der Waals surface area contributed by atoms with E-state index in [2.05, 4.69) is 25.9 Å². The van der Waals surface area contributed by atoms with E-state index in [1.165, 1.54) is 0 Å². The van der Waals surface area contributed by atoms with E-state index in [4.69, 9.17) is 39.5 Å². The highest BCUT2D eigenvalue weighted by Crippen LogP contribution is 2.02. The van der Waals surface area contributed by atoms with Crippen molar-refractivity contribution < 1.29 is 29.1 Å². The molecule has 204 valence electrons. The lowest BCUT2D eigenvalue weighted by Gasteiger charge is -2.21. The Kier molecular flexibility index (Phi) is 15.3. The molecule has 0 radical (unpaired) electrons. The summed E-state index contributed by atoms with van der Waals surface area (Å²) in [6, 6.07) is -3.39. The largest absolute Gasteiger partial charge is 0.480 e. The molecule has 0 aliphatic rings. The van der Waals surface area contributed by atoms with E-state index in [-0.39, 0.29) is 50.7 Å². The number of nitrogens with zero attached hydrogens (tertiary/aromatic N) is 2. The molecule has 3 unspecified atom stereocenters. The molecule has 3 atom stereocenters. The van der Waals surface area contributed by atoms with Crippen LogP contribution in [0.15, 0.2) is 9.98 Å². The first-order valence-electron chi connectivity index (χ1n) is 11.1. The lowest BCUT2D eigenvalue weighted by Crippen LogP contribution is -2.53. The molecule has 4 amide bonds. The molecule has 0 aromatic heterocycles. The number of hydrogen-bond acceptors (Lipinski definition) is 8. The van der Waals surface area contributed by atoms with Gasteiger partial charge in [0.1, 0.15) is 12.1 Å². The highest BCUT2D eigenvalue weighted by Gasteiger charge is 2.25. The van der Waals surface area contributed by atoms with Crippen molar-refractivity contribution in [3.8, 4) is 0 Å². The monoisotopic (exact) mass is 515 g/mol. The summed E-state index contributed by atoms with van der Waals surface area (Å²) in [6.45, 7) is -0.116. The number of aliphatic imine (C=N–C) groups is 2. The maximum Gasteiger partial charge on any atom is 0.326 e. The van der Waals surface area contributed by atoms with Crippen molar-refractivity contribution in [2.45, 2.75) is 56.7 Å². The van der Waals surface area contributed by atoms with Crippen LogP contribution in [-0.2, 0) is 24.0 Å². The third-order valence-electron chi connectivity index (χ3n) is 4.62. The van der Waals surface area contributed by atoms with Crippen LogP contribution in [-0.4, -0.2) is 84.4 Å². The summed E-state index contributed by atoms with van der Waals surface area (Å²) in [5, 5.41) is 16.2. The summed E-state index contributed by atoms with van der Waals surface area (Å²) >= 11 is 0. The smallest absolute Gasteiger partial charge is 0.326 e. The van der Waals surface area contributed by atoms with E-state index in [9.17, 15) is 24.0 Å². The minimum absolute atomic E-state index is 0.0860. The standard InChI is InChI=1S/C19H37N11O6/c20-10(3-1-7-26-18(22)23)15(33)30-11(4-2-8-27-19(24)25)16(34)28-9-14(32)29-12(17(35)36)5-6-13(21)31/h10-12H,1-9,20H2,(H2,21,31)(H,28,34)(H,29,32)(H,30,33)(H,35,36)(H4,22,23,26)(H4,24,25,27). The van der Waals surface area contributed by atoms with Gasteiger partial charge in [-0.3, -0.25) is 29.2 Å². The third kappa shape index (κ3) is 15.6. The Morgan fingerprint density at radius 2 is 1.31 bits per heavy atom. The van der Waals surface area contributed by atoms with Crippen LogP contribution < -0.4 is 50.4 Å². The minimum atomic E-state index is -1.37. The number of aliphatic carboxylic acids is 1. The second-order valence-electron chi connectivity index (χ2n) is 7.75. The van der Waals surface area contributed by atoms with Crippen molar-refractivity contribution in [2.24, 2.45) is 44.4 Å². The second-order valence-corrected chi connectivity index (χ2v) is 7.75. The first kappa shape index (κ1) is 31.8. The van der Waals surface area contributed by atoms with Crippen LogP contribution in [0.4, 0.5) is 0 Å². The summed E-state index contributed by atoms with van der Waals surface area (Å²) in [5.41, 5.74) is 31.9. The summed E-state index contributed by atoms with van der Waals surface area (Å²) in [7, 11) is 0. The van der Waals surface area contributed by atoms with E-state index in [0.29, 0.717) is 12.8 Å². The minimum Gasteiger partial charge on any atom is -0.480 e. The number of amides is 4. The average Bonchev–Trinajstić information content (AvgIpc) is 2.78. The van der Waals surface area contributed by atoms with E-state index in [1.54, 1.807) is 0 Å². The Morgan fingerprint density at radius 1 is 0.750 bits per heavy atom. The lowest BCUT2D eigenvalue weighted by molar-refractivity contribution is -0.142. The first-order valence-corrected chi connectivity index (χ1v) is 11.1. The van der Waals surface area contributed by atoms with Gasteiger partial charge in [-0.15, -0.1) is 0 Å². The summed E-state index contributed by atoms with van der Waals surface area (Å²) in [4.78, 5) is 66.9. The third-order valence-corrected chi connectivity index (χ3v) is 4.62. The van der Waals surface area contributed by atoms with Gasteiger partial charge in [-0.2, -0.15) is 0 Å². The fraction of sp³-hybridized carbons (Fsp3) is 0.632. The number of primary amides is 1. The first-order chi connectivity index (χ1) is 16.8. The molecule has 36 heavy (non-hydrogen) atoms. The molecule has 17 nitrogen and oxygen atoms in total. The maximum atomic E-state index is 12.6. The molecule has 0 saturated heterocycles. The summed E-state index contributed by atoms with van der Waals surface area (Å²) in [5.74, 6) is -4.45. The van der Waals surface area contributed by atoms with Gasteiger partial charge in [0.05, 0.1) is 12.6 Å². The van der Waals surface area contributed by atoms with Crippen molar-refractivity contribution >= 4 is 41.5 Å². The Balaban J connectivity index is 5.00. The molecule has 0 aliphatic carbocycles. The number of nitrogens with two attached hydrogens (primary N) is 6. The van der Waals surface area contributed by atoms with Gasteiger partial charge in [-0.1, -0.05) is 0 Å². The predicted octanol–water partition coefficient (Wildman–Crippen LogP) is -5.14. The van der Waals surface area contributed by atoms with Gasteiger partial charge in [0.15, 0.2) is 11.9 Å². The van der Waals surface area contributed by atoms with Gasteiger partial charge in [-0.05, 0) is 32.1 Å². The zero-order valence-corrected chi connectivity index (χ0v) is 19.9. The van der Waals surface area contributed by atoms with Gasteiger partial charge >= 0.3 is 5.97 Å². The number of carbonyl (C=O) groups excluding carboxylic acids is 4. The highest BCUT2D eigenvalue weighted by molar-refractivity contribution is 5.92. The number of carboxylic acids is 1. The second kappa shape index (κ2) is 17.3. The van der Waals surface area contributed by atoms with E-state index in [1.807, 2.05) is 0 Å². The molecule has 0 fully saturated rings. The number of carbonyl (C=O) groups is 5. The molecule has 0 aliphatic heterocycles. The molecular formula is C19H37N11O6. The molecule has 17 heteroatoms. The molecule has 0 spiro atoms. The Morgan fingerprint density at radius 3 is 1.81 bits per heavy atom. The Hall–Kier alpha value is -4.15. The quantitative estimate of drug-likeness (QED) is 0.0467. The lowest BCUT2D eigenvalue weighted by atomic mass is 10.1. The van der Waals surface area contributed by atoms with Crippen LogP contribution >= 0.6 is 0 Å². The molecule has 0 aromatic rings. The normalized spacial score (nSPS) is 12.8. The zero-order chi connectivity index (χ0) is 27.7. The molecular weight excluding hydrogens is 478 g/mol. The number of guanidine groups is 2. The number of nitrogens with one attached hydrogen (secondary N) is 3. The number of hydrogen-bond donors (Lipinski definition) is 10. The van der Waals surface area contributed by atoms with Crippen molar-refractivity contribution in [1.82, 2.24) is 16.0 Å². The van der Waals surface area contributed by atoms with Crippen molar-refractivity contribution in [3.05, 3.63) is 0 Å².